The summed E-state index contributed by atoms with van der Waals surface area (Å²) in [5.74, 6) is -1.17. The number of hydrazone groups is 1. The van der Waals surface area contributed by atoms with Gasteiger partial charge in [0.1, 0.15) is 0 Å². The molecule has 1 rings (SSSR count). The predicted octanol–water partition coefficient (Wildman–Crippen LogP) is 2.51. The van der Waals surface area contributed by atoms with E-state index in [9.17, 15) is 4.79 Å². The summed E-state index contributed by atoms with van der Waals surface area (Å²) in [4.78, 5) is 13.8. The monoisotopic (exact) mass is 247 g/mol. The fourth-order valence-corrected chi connectivity index (χ4v) is 1.34. The number of hydrogen-bond donors (Lipinski definition) is 1. The van der Waals surface area contributed by atoms with Crippen LogP contribution in [0.5, 0.6) is 0 Å². The van der Waals surface area contributed by atoms with Crippen LogP contribution in [0.2, 0.25) is 0 Å². The molecule has 0 spiro atoms. The van der Waals surface area contributed by atoms with Crippen LogP contribution in [0.25, 0.3) is 10.4 Å². The number of aryl methyl sites for hydroxylation is 2. The Labute approximate surface area is 104 Å². The average Bonchev–Trinajstić information content (AvgIpc) is 2.36. The van der Waals surface area contributed by atoms with Crippen LogP contribution in [-0.4, -0.2) is 18.9 Å². The van der Waals surface area contributed by atoms with Gasteiger partial charge in [-0.2, -0.15) is 5.10 Å². The molecule has 7 nitrogen and oxygen atoms in total. The van der Waals surface area contributed by atoms with Crippen LogP contribution in [0.15, 0.2) is 28.4 Å². The molecule has 0 bridgehead atoms. The quantitative estimate of drug-likeness (QED) is 0.165. The van der Waals surface area contributed by atoms with Gasteiger partial charge in [-0.25, -0.2) is 4.79 Å². The molecule has 0 atom stereocenters. The normalized spacial score (nSPS) is 10.5. The number of hydrogen-bond acceptors (Lipinski definition) is 4. The van der Waals surface area contributed by atoms with E-state index < -0.39 is 5.97 Å². The second-order valence-corrected chi connectivity index (χ2v) is 3.50. The number of carbonyl (C=O) groups excluding carboxylic acids is 1. The molecule has 1 aromatic carbocycles. The lowest BCUT2D eigenvalue weighted by molar-refractivity contribution is -0.132. The highest BCUT2D eigenvalue weighted by Crippen LogP contribution is 2.19. The molecule has 0 heterocycles. The molecule has 1 N–H and O–H groups in total. The molecule has 0 aliphatic carbocycles. The van der Waals surface area contributed by atoms with E-state index in [1.165, 1.54) is 7.11 Å². The molecular formula is C11H13N5O2. The molecule has 0 aliphatic rings. The number of nitrogens with one attached hydrogen (secondary N) is 1. The third-order valence-electron chi connectivity index (χ3n) is 2.26. The molecule has 94 valence electrons. The zero-order chi connectivity index (χ0) is 13.5. The van der Waals surface area contributed by atoms with Gasteiger partial charge in [0.2, 0.25) is 5.84 Å². The molecule has 0 saturated carbocycles. The topological polar surface area (TPSA) is 99.5 Å². The van der Waals surface area contributed by atoms with Crippen LogP contribution in [0.1, 0.15) is 11.1 Å². The first-order valence-electron chi connectivity index (χ1n) is 5.13. The van der Waals surface area contributed by atoms with Crippen molar-refractivity contribution < 1.29 is 9.53 Å². The first-order valence-corrected chi connectivity index (χ1v) is 5.13. The van der Waals surface area contributed by atoms with Crippen molar-refractivity contribution in [1.29, 1.82) is 0 Å². The number of nitrogens with zero attached hydrogens (tertiary/aromatic N) is 4. The number of amidine groups is 1. The minimum Gasteiger partial charge on any atom is -0.464 e. The summed E-state index contributed by atoms with van der Waals surface area (Å²) >= 11 is 0. The van der Waals surface area contributed by atoms with Gasteiger partial charge in [0.05, 0.1) is 12.8 Å². The molecule has 0 radical (unpaired) electrons. The van der Waals surface area contributed by atoms with E-state index in [4.69, 9.17) is 5.53 Å². The van der Waals surface area contributed by atoms with Crippen LogP contribution in [0.3, 0.4) is 0 Å². The first kappa shape index (κ1) is 13.5. The van der Waals surface area contributed by atoms with Crippen molar-refractivity contribution in [3.63, 3.8) is 0 Å². The van der Waals surface area contributed by atoms with Gasteiger partial charge in [-0.1, -0.05) is 18.2 Å². The van der Waals surface area contributed by atoms with Crippen LogP contribution < -0.4 is 5.43 Å². The van der Waals surface area contributed by atoms with Gasteiger partial charge >= 0.3 is 5.97 Å². The Bertz CT molecular complexity index is 512. The number of methoxy groups -OCH3 is 1. The fourth-order valence-electron chi connectivity index (χ4n) is 1.34. The minimum absolute atomic E-state index is 0.373. The van der Waals surface area contributed by atoms with Gasteiger partial charge in [-0.3, -0.25) is 5.43 Å². The standard InChI is InChI=1S/C11H13N5O2/c1-7-5-4-6-8(2)9(7)13-14-10(15-16-12)11(17)18-3/h4-6,13H,1-3H3/b14-10-. The second-order valence-electron chi connectivity index (χ2n) is 3.50. The first-order chi connectivity index (χ1) is 8.60. The third kappa shape index (κ3) is 3.23. The number of para-hydroxylation sites is 1. The lowest BCUT2D eigenvalue weighted by atomic mass is 10.1. The van der Waals surface area contributed by atoms with Crippen LogP contribution in [0, 0.1) is 13.8 Å². The number of anilines is 1. The Balaban J connectivity index is 3.02. The Kier molecular flexibility index (Phi) is 4.71. The van der Waals surface area contributed by atoms with E-state index in [2.05, 4.69) is 25.3 Å². The fraction of sp³-hybridized carbons (Fsp3) is 0.273. The van der Waals surface area contributed by atoms with Gasteiger partial charge in [0.25, 0.3) is 0 Å². The number of azide groups is 1. The number of ether oxygens (including phenoxy) is 1. The Morgan fingerprint density at radius 1 is 1.39 bits per heavy atom. The molecule has 7 heteroatoms. The van der Waals surface area contributed by atoms with Gasteiger partial charge in [0, 0.05) is 4.91 Å². The number of rotatable bonds is 2. The Hall–Kier alpha value is -2.53. The molecule has 0 aliphatic heterocycles. The highest BCUT2D eigenvalue weighted by Gasteiger charge is 2.10. The van der Waals surface area contributed by atoms with Gasteiger partial charge in [-0.15, -0.1) is 0 Å². The van der Waals surface area contributed by atoms with Crippen LogP contribution in [0.4, 0.5) is 5.69 Å². The summed E-state index contributed by atoms with van der Waals surface area (Å²) in [6, 6.07) is 5.71. The van der Waals surface area contributed by atoms with Crippen molar-refractivity contribution in [3.8, 4) is 0 Å². The van der Waals surface area contributed by atoms with Gasteiger partial charge < -0.3 is 4.74 Å². The van der Waals surface area contributed by atoms with Crippen molar-refractivity contribution in [1.82, 2.24) is 0 Å². The predicted molar refractivity (Wildman–Crippen MR) is 68.1 cm³/mol. The lowest BCUT2D eigenvalue weighted by Gasteiger charge is -2.08. The summed E-state index contributed by atoms with van der Waals surface area (Å²) < 4.78 is 4.44. The van der Waals surface area contributed by atoms with E-state index in [-0.39, 0.29) is 5.84 Å². The van der Waals surface area contributed by atoms with E-state index >= 15 is 0 Å². The van der Waals surface area contributed by atoms with Crippen molar-refractivity contribution in [2.24, 2.45) is 10.2 Å². The zero-order valence-electron chi connectivity index (χ0n) is 10.3. The molecule has 18 heavy (non-hydrogen) atoms. The molecule has 0 aromatic heterocycles. The summed E-state index contributed by atoms with van der Waals surface area (Å²) in [5.41, 5.74) is 13.7. The molecule has 0 unspecified atom stereocenters. The Morgan fingerprint density at radius 3 is 2.50 bits per heavy atom. The summed E-state index contributed by atoms with van der Waals surface area (Å²) in [7, 11) is 1.18. The van der Waals surface area contributed by atoms with E-state index in [1.54, 1.807) is 0 Å². The third-order valence-corrected chi connectivity index (χ3v) is 2.26. The zero-order valence-corrected chi connectivity index (χ0v) is 10.3. The lowest BCUT2D eigenvalue weighted by Crippen LogP contribution is -2.14. The molecule has 0 fully saturated rings. The smallest absolute Gasteiger partial charge is 0.360 e. The summed E-state index contributed by atoms with van der Waals surface area (Å²) in [6.07, 6.45) is 0. The van der Waals surface area contributed by atoms with E-state index in [0.29, 0.717) is 0 Å². The molecular weight excluding hydrogens is 234 g/mol. The SMILES string of the molecule is COC(=O)/C(N=[N+]=[N-])=N/Nc1c(C)cccc1C. The number of esters is 1. The largest absolute Gasteiger partial charge is 0.464 e. The van der Waals surface area contributed by atoms with Gasteiger partial charge in [-0.05, 0) is 35.6 Å². The summed E-state index contributed by atoms with van der Waals surface area (Å²) in [6.45, 7) is 3.80. The van der Waals surface area contributed by atoms with Crippen molar-refractivity contribution in [3.05, 3.63) is 39.8 Å². The molecule has 0 saturated heterocycles. The highest BCUT2D eigenvalue weighted by atomic mass is 16.5. The minimum atomic E-state index is -0.800. The Morgan fingerprint density at radius 2 is 2.00 bits per heavy atom. The maximum atomic E-state index is 11.2. The van der Waals surface area contributed by atoms with Crippen molar-refractivity contribution in [2.45, 2.75) is 13.8 Å². The van der Waals surface area contributed by atoms with Crippen molar-refractivity contribution in [2.75, 3.05) is 12.5 Å². The van der Waals surface area contributed by atoms with E-state index in [0.717, 1.165) is 16.8 Å². The van der Waals surface area contributed by atoms with Gasteiger partial charge in [0.15, 0.2) is 0 Å². The average molecular weight is 247 g/mol. The van der Waals surface area contributed by atoms with E-state index in [1.807, 2.05) is 32.0 Å². The highest BCUT2D eigenvalue weighted by molar-refractivity contribution is 6.35. The molecule has 0 amide bonds. The maximum absolute atomic E-state index is 11.2. The maximum Gasteiger partial charge on any atom is 0.360 e. The van der Waals surface area contributed by atoms with Crippen LogP contribution in [-0.2, 0) is 9.53 Å². The summed E-state index contributed by atoms with van der Waals surface area (Å²) in [5, 5.41) is 6.91. The second kappa shape index (κ2) is 6.27. The molecule has 1 aromatic rings. The van der Waals surface area contributed by atoms with Crippen molar-refractivity contribution >= 4 is 17.5 Å². The number of carbonyl (C=O) groups is 1. The number of benzene rings is 1. The van der Waals surface area contributed by atoms with Crippen LogP contribution >= 0.6 is 0 Å².